The number of benzene rings is 1. The average Bonchev–Trinajstić information content (AvgIpc) is 2.97. The van der Waals surface area contributed by atoms with E-state index in [2.05, 4.69) is 16.9 Å². The number of methoxy groups -OCH3 is 1. The molecule has 0 unspecified atom stereocenters. The van der Waals surface area contributed by atoms with Gasteiger partial charge in [0.15, 0.2) is 5.16 Å². The van der Waals surface area contributed by atoms with E-state index in [0.717, 1.165) is 10.4 Å². The van der Waals surface area contributed by atoms with Gasteiger partial charge in [0.1, 0.15) is 10.6 Å². The summed E-state index contributed by atoms with van der Waals surface area (Å²) in [5.41, 5.74) is 1.41. The molecule has 0 saturated heterocycles. The van der Waals surface area contributed by atoms with Crippen LogP contribution < -0.4 is 15.6 Å². The van der Waals surface area contributed by atoms with Gasteiger partial charge in [0.05, 0.1) is 23.3 Å². The Labute approximate surface area is 181 Å². The molecular weight excluding hydrogens is 430 g/mol. The number of rotatable bonds is 7. The number of nitrogens with zero attached hydrogens (tertiary/aromatic N) is 2. The van der Waals surface area contributed by atoms with Crippen molar-refractivity contribution in [3.63, 3.8) is 0 Å². The van der Waals surface area contributed by atoms with E-state index in [0.29, 0.717) is 38.4 Å². The molecule has 0 radical (unpaired) electrons. The molecule has 1 amide bonds. The second-order valence-electron chi connectivity index (χ2n) is 6.25. The summed E-state index contributed by atoms with van der Waals surface area (Å²) in [5.74, 6) is 0.406. The molecule has 0 atom stereocenters. The first-order chi connectivity index (χ1) is 13.8. The number of aromatic nitrogens is 2. The predicted molar refractivity (Wildman–Crippen MR) is 121 cm³/mol. The summed E-state index contributed by atoms with van der Waals surface area (Å²) in [4.78, 5) is 31.7. The van der Waals surface area contributed by atoms with Gasteiger partial charge in [0, 0.05) is 17.1 Å². The summed E-state index contributed by atoms with van der Waals surface area (Å²) < 4.78 is 6.66. The van der Waals surface area contributed by atoms with Crippen molar-refractivity contribution < 1.29 is 9.53 Å². The van der Waals surface area contributed by atoms with Gasteiger partial charge < -0.3 is 10.1 Å². The second-order valence-corrected chi connectivity index (χ2v) is 8.80. The third-order valence-electron chi connectivity index (χ3n) is 4.33. The van der Waals surface area contributed by atoms with Crippen molar-refractivity contribution in [3.05, 3.63) is 56.7 Å². The topological polar surface area (TPSA) is 73.2 Å². The van der Waals surface area contributed by atoms with Crippen molar-refractivity contribution in [1.82, 2.24) is 9.55 Å². The van der Waals surface area contributed by atoms with Crippen LogP contribution in [0.2, 0.25) is 5.02 Å². The Morgan fingerprint density at radius 3 is 2.86 bits per heavy atom. The van der Waals surface area contributed by atoms with Crippen LogP contribution in [-0.4, -0.2) is 28.3 Å². The Morgan fingerprint density at radius 2 is 2.21 bits per heavy atom. The number of carbonyl (C=O) groups excluding carboxylic acids is 1. The van der Waals surface area contributed by atoms with Gasteiger partial charge in [-0.1, -0.05) is 29.4 Å². The molecule has 0 spiro atoms. The maximum absolute atomic E-state index is 12.9. The highest BCUT2D eigenvalue weighted by molar-refractivity contribution is 7.99. The van der Waals surface area contributed by atoms with Crippen LogP contribution in [0, 0.1) is 13.8 Å². The molecule has 2 aromatic heterocycles. The van der Waals surface area contributed by atoms with Gasteiger partial charge in [0.2, 0.25) is 5.91 Å². The lowest BCUT2D eigenvalue weighted by molar-refractivity contribution is -0.113. The third-order valence-corrected chi connectivity index (χ3v) is 6.71. The van der Waals surface area contributed by atoms with Crippen LogP contribution in [0.15, 0.2) is 40.8 Å². The van der Waals surface area contributed by atoms with E-state index < -0.39 is 0 Å². The number of ether oxygens (including phenoxy) is 1. The van der Waals surface area contributed by atoms with Crippen molar-refractivity contribution in [2.45, 2.75) is 25.5 Å². The zero-order valence-corrected chi connectivity index (χ0v) is 18.6. The minimum absolute atomic E-state index is 0.0993. The highest BCUT2D eigenvalue weighted by Gasteiger charge is 2.17. The minimum Gasteiger partial charge on any atom is -0.495 e. The number of hydrogen-bond acceptors (Lipinski definition) is 6. The van der Waals surface area contributed by atoms with Crippen molar-refractivity contribution in [2.75, 3.05) is 18.2 Å². The number of amides is 1. The molecule has 0 aliphatic heterocycles. The predicted octanol–water partition coefficient (Wildman–Crippen LogP) is 4.65. The number of halogens is 1. The summed E-state index contributed by atoms with van der Waals surface area (Å²) in [5, 5.41) is 4.33. The molecule has 0 saturated carbocycles. The van der Waals surface area contributed by atoms with Gasteiger partial charge >= 0.3 is 0 Å². The summed E-state index contributed by atoms with van der Waals surface area (Å²) in [7, 11) is 1.53. The lowest BCUT2D eigenvalue weighted by atomic mass is 10.2. The molecule has 152 valence electrons. The fourth-order valence-electron chi connectivity index (χ4n) is 2.78. The van der Waals surface area contributed by atoms with Crippen molar-refractivity contribution >= 4 is 56.5 Å². The molecule has 0 aliphatic carbocycles. The van der Waals surface area contributed by atoms with Crippen LogP contribution in [0.1, 0.15) is 10.4 Å². The average molecular weight is 450 g/mol. The molecule has 9 heteroatoms. The molecule has 0 aliphatic rings. The Hall–Kier alpha value is -2.29. The van der Waals surface area contributed by atoms with E-state index in [4.69, 9.17) is 16.3 Å². The monoisotopic (exact) mass is 449 g/mol. The maximum Gasteiger partial charge on any atom is 0.263 e. The third kappa shape index (κ3) is 4.49. The molecule has 29 heavy (non-hydrogen) atoms. The molecule has 6 nitrogen and oxygen atoms in total. The van der Waals surface area contributed by atoms with E-state index in [1.165, 1.54) is 30.2 Å². The SMILES string of the molecule is C=CCn1c(SCC(=O)Nc2ccc(OC)c(Cl)c2)nc2sc(C)c(C)c2c1=O. The second kappa shape index (κ2) is 9.02. The first kappa shape index (κ1) is 21.4. The van der Waals surface area contributed by atoms with Gasteiger partial charge in [-0.3, -0.25) is 14.2 Å². The standard InChI is InChI=1S/C20H20ClN3O3S2/c1-5-8-24-19(26)17-11(2)12(3)29-18(17)23-20(24)28-10-16(25)22-13-6-7-15(27-4)14(21)9-13/h5-7,9H,1,8,10H2,2-4H3,(H,22,25). The van der Waals surface area contributed by atoms with E-state index in [9.17, 15) is 9.59 Å². The number of thiophene rings is 1. The van der Waals surface area contributed by atoms with E-state index in [1.807, 2.05) is 13.8 Å². The van der Waals surface area contributed by atoms with Gasteiger partial charge in [-0.05, 0) is 37.6 Å². The fraction of sp³-hybridized carbons (Fsp3) is 0.250. The summed E-state index contributed by atoms with van der Waals surface area (Å²) in [6, 6.07) is 5.02. The van der Waals surface area contributed by atoms with Crippen molar-refractivity contribution in [2.24, 2.45) is 0 Å². The maximum atomic E-state index is 12.9. The molecule has 1 N–H and O–H groups in total. The van der Waals surface area contributed by atoms with Crippen LogP contribution in [0.25, 0.3) is 10.2 Å². The lowest BCUT2D eigenvalue weighted by Gasteiger charge is -2.11. The Kier molecular flexibility index (Phi) is 6.66. The highest BCUT2D eigenvalue weighted by Crippen LogP contribution is 2.29. The lowest BCUT2D eigenvalue weighted by Crippen LogP contribution is -2.23. The minimum atomic E-state index is -0.228. The quantitative estimate of drug-likeness (QED) is 0.323. The summed E-state index contributed by atoms with van der Waals surface area (Å²) in [6.45, 7) is 7.95. The van der Waals surface area contributed by atoms with Gasteiger partial charge in [-0.2, -0.15) is 0 Å². The number of hydrogen-bond donors (Lipinski definition) is 1. The summed E-state index contributed by atoms with van der Waals surface area (Å²) >= 11 is 8.79. The first-order valence-corrected chi connectivity index (χ1v) is 10.9. The van der Waals surface area contributed by atoms with Crippen LogP contribution in [0.3, 0.4) is 0 Å². The number of aryl methyl sites for hydroxylation is 2. The largest absolute Gasteiger partial charge is 0.495 e. The molecule has 1 aromatic carbocycles. The smallest absolute Gasteiger partial charge is 0.263 e. The van der Waals surface area contributed by atoms with E-state index in [1.54, 1.807) is 28.8 Å². The van der Waals surface area contributed by atoms with Gasteiger partial charge in [0.25, 0.3) is 5.56 Å². The molecule has 3 rings (SSSR count). The Balaban J connectivity index is 1.81. The molecule has 2 heterocycles. The highest BCUT2D eigenvalue weighted by atomic mass is 35.5. The van der Waals surface area contributed by atoms with E-state index in [-0.39, 0.29) is 17.2 Å². The Bertz CT molecular complexity index is 1150. The molecular formula is C20H20ClN3O3S2. The fourth-order valence-corrected chi connectivity index (χ4v) is 4.92. The number of allylic oxidation sites excluding steroid dienone is 1. The number of thioether (sulfide) groups is 1. The van der Waals surface area contributed by atoms with E-state index >= 15 is 0 Å². The zero-order valence-electron chi connectivity index (χ0n) is 16.2. The molecule has 0 bridgehead atoms. The number of fused-ring (bicyclic) bond motifs is 1. The van der Waals surface area contributed by atoms with Crippen LogP contribution in [-0.2, 0) is 11.3 Å². The van der Waals surface area contributed by atoms with Gasteiger partial charge in [-0.25, -0.2) is 4.98 Å². The normalized spacial score (nSPS) is 10.9. The Morgan fingerprint density at radius 1 is 1.45 bits per heavy atom. The number of carbonyl (C=O) groups is 1. The van der Waals surface area contributed by atoms with Crippen molar-refractivity contribution in [1.29, 1.82) is 0 Å². The number of anilines is 1. The summed E-state index contributed by atoms with van der Waals surface area (Å²) in [6.07, 6.45) is 1.65. The number of nitrogens with one attached hydrogen (secondary N) is 1. The van der Waals surface area contributed by atoms with Crippen LogP contribution in [0.4, 0.5) is 5.69 Å². The van der Waals surface area contributed by atoms with Crippen molar-refractivity contribution in [3.8, 4) is 5.75 Å². The zero-order chi connectivity index (χ0) is 21.1. The molecule has 3 aromatic rings. The van der Waals surface area contributed by atoms with Crippen LogP contribution in [0.5, 0.6) is 5.75 Å². The van der Waals surface area contributed by atoms with Crippen LogP contribution >= 0.6 is 34.7 Å². The first-order valence-electron chi connectivity index (χ1n) is 8.73. The molecule has 0 fully saturated rings. The van der Waals surface area contributed by atoms with Gasteiger partial charge in [-0.15, -0.1) is 17.9 Å².